The third kappa shape index (κ3) is 3.99. The lowest BCUT2D eigenvalue weighted by molar-refractivity contribution is -0.274. The molecule has 1 aliphatic rings. The predicted molar refractivity (Wildman–Crippen MR) is 76.6 cm³/mol. The second-order valence-electron chi connectivity index (χ2n) is 4.72. The molecule has 1 aromatic carbocycles. The van der Waals surface area contributed by atoms with Gasteiger partial charge in [-0.15, -0.1) is 13.2 Å². The number of halogens is 3. The van der Waals surface area contributed by atoms with E-state index in [2.05, 4.69) is 15.0 Å². The van der Waals surface area contributed by atoms with Crippen molar-refractivity contribution in [2.24, 2.45) is 0 Å². The van der Waals surface area contributed by atoms with Crippen molar-refractivity contribution in [1.29, 1.82) is 0 Å². The smallest absolute Gasteiger partial charge is 0.406 e. The molecule has 3 rings (SSSR count). The number of nitrogens with zero attached hydrogens (tertiary/aromatic N) is 1. The molecular formula is C14H11F3N2O3S. The molecule has 0 saturated heterocycles. The molecule has 0 spiro atoms. The van der Waals surface area contributed by atoms with Crippen molar-refractivity contribution in [1.82, 2.24) is 4.98 Å². The van der Waals surface area contributed by atoms with Crippen LogP contribution in [0.5, 0.6) is 5.75 Å². The number of rotatable bonds is 3. The zero-order valence-corrected chi connectivity index (χ0v) is 12.5. The fourth-order valence-corrected chi connectivity index (χ4v) is 3.00. The molecule has 9 heteroatoms. The van der Waals surface area contributed by atoms with E-state index in [1.165, 1.54) is 23.5 Å². The zero-order valence-electron chi connectivity index (χ0n) is 11.6. The highest BCUT2D eigenvalue weighted by Gasteiger charge is 2.31. The first-order chi connectivity index (χ1) is 10.9. The normalized spacial score (nSPS) is 14.2. The van der Waals surface area contributed by atoms with Gasteiger partial charge in [-0.2, -0.15) is 0 Å². The number of carbonyl (C=O) groups excluding carboxylic acids is 1. The Balaban J connectivity index is 1.67. The third-order valence-corrected chi connectivity index (χ3v) is 4.05. The number of carbonyl (C=O) groups is 1. The van der Waals surface area contributed by atoms with Gasteiger partial charge in [0.25, 0.3) is 5.91 Å². The van der Waals surface area contributed by atoms with Gasteiger partial charge in [-0.3, -0.25) is 10.1 Å². The van der Waals surface area contributed by atoms with Crippen molar-refractivity contribution in [3.05, 3.63) is 40.4 Å². The molecule has 122 valence electrons. The van der Waals surface area contributed by atoms with Gasteiger partial charge in [0.05, 0.1) is 23.8 Å². The molecule has 1 N–H and O–H groups in total. The largest absolute Gasteiger partial charge is 0.573 e. The van der Waals surface area contributed by atoms with Crippen molar-refractivity contribution in [2.45, 2.75) is 19.4 Å². The van der Waals surface area contributed by atoms with E-state index in [1.807, 2.05) is 0 Å². The maximum atomic E-state index is 12.1. The van der Waals surface area contributed by atoms with E-state index in [0.29, 0.717) is 24.8 Å². The molecule has 2 heterocycles. The lowest BCUT2D eigenvalue weighted by Crippen LogP contribution is -2.17. The summed E-state index contributed by atoms with van der Waals surface area (Å²) < 4.78 is 45.3. The van der Waals surface area contributed by atoms with E-state index in [4.69, 9.17) is 4.74 Å². The van der Waals surface area contributed by atoms with Crippen LogP contribution in [0.1, 0.15) is 20.9 Å². The van der Waals surface area contributed by atoms with E-state index in [-0.39, 0.29) is 11.3 Å². The quantitative estimate of drug-likeness (QED) is 0.927. The van der Waals surface area contributed by atoms with Crippen molar-refractivity contribution in [2.75, 3.05) is 11.9 Å². The number of fused-ring (bicyclic) bond motifs is 1. The summed E-state index contributed by atoms with van der Waals surface area (Å²) >= 11 is 1.33. The maximum Gasteiger partial charge on any atom is 0.573 e. The van der Waals surface area contributed by atoms with Gasteiger partial charge in [0.2, 0.25) is 0 Å². The van der Waals surface area contributed by atoms with Crippen LogP contribution in [0.4, 0.5) is 18.3 Å². The number of amides is 1. The number of anilines is 1. The Morgan fingerprint density at radius 1 is 1.30 bits per heavy atom. The summed E-state index contributed by atoms with van der Waals surface area (Å²) in [5, 5.41) is 3.08. The Morgan fingerprint density at radius 3 is 2.70 bits per heavy atom. The van der Waals surface area contributed by atoms with Gasteiger partial charge in [0.1, 0.15) is 5.75 Å². The second-order valence-corrected chi connectivity index (χ2v) is 5.80. The van der Waals surface area contributed by atoms with Crippen LogP contribution < -0.4 is 10.1 Å². The Labute approximate surface area is 133 Å². The number of aromatic nitrogens is 1. The first kappa shape index (κ1) is 15.8. The number of hydrogen-bond acceptors (Lipinski definition) is 5. The SMILES string of the molecule is O=C(Nc1nc2c(s1)COCC2)c1ccc(OC(F)(F)F)cc1. The number of ether oxygens (including phenoxy) is 2. The number of thiazole rings is 1. The molecule has 0 saturated carbocycles. The van der Waals surface area contributed by atoms with E-state index >= 15 is 0 Å². The molecule has 5 nitrogen and oxygen atoms in total. The molecule has 2 aromatic rings. The first-order valence-electron chi connectivity index (χ1n) is 6.64. The topological polar surface area (TPSA) is 60.5 Å². The average Bonchev–Trinajstić information content (AvgIpc) is 2.88. The lowest BCUT2D eigenvalue weighted by atomic mass is 10.2. The molecule has 0 bridgehead atoms. The molecule has 0 aliphatic carbocycles. The molecule has 0 radical (unpaired) electrons. The summed E-state index contributed by atoms with van der Waals surface area (Å²) in [5.74, 6) is -0.827. The van der Waals surface area contributed by atoms with E-state index in [0.717, 1.165) is 22.7 Å². The van der Waals surface area contributed by atoms with Gasteiger partial charge in [-0.05, 0) is 24.3 Å². The third-order valence-electron chi connectivity index (χ3n) is 3.07. The van der Waals surface area contributed by atoms with E-state index in [1.54, 1.807) is 0 Å². The maximum absolute atomic E-state index is 12.1. The van der Waals surface area contributed by atoms with Crippen LogP contribution in [0, 0.1) is 0 Å². The van der Waals surface area contributed by atoms with Crippen LogP contribution in [-0.4, -0.2) is 23.9 Å². The summed E-state index contributed by atoms with van der Waals surface area (Å²) in [6.45, 7) is 1.08. The standard InChI is InChI=1S/C14H11F3N2O3S/c15-14(16,17)22-9-3-1-8(2-4-9)12(20)19-13-18-10-5-6-21-7-11(10)23-13/h1-4H,5-7H2,(H,18,19,20). The minimum Gasteiger partial charge on any atom is -0.406 e. The molecular weight excluding hydrogens is 333 g/mol. The number of hydrogen-bond donors (Lipinski definition) is 1. The minimum atomic E-state index is -4.76. The van der Waals surface area contributed by atoms with Crippen molar-refractivity contribution < 1.29 is 27.4 Å². The number of benzene rings is 1. The summed E-state index contributed by atoms with van der Waals surface area (Å²) in [6, 6.07) is 4.69. The Morgan fingerprint density at radius 2 is 2.04 bits per heavy atom. The highest BCUT2D eigenvalue weighted by atomic mass is 32.1. The predicted octanol–water partition coefficient (Wildman–Crippen LogP) is 3.37. The Kier molecular flexibility index (Phi) is 4.22. The van der Waals surface area contributed by atoms with Crippen LogP contribution in [0.2, 0.25) is 0 Å². The highest BCUT2D eigenvalue weighted by Crippen LogP contribution is 2.28. The van der Waals surface area contributed by atoms with Gasteiger partial charge in [0, 0.05) is 12.0 Å². The minimum absolute atomic E-state index is 0.212. The van der Waals surface area contributed by atoms with Gasteiger partial charge < -0.3 is 9.47 Å². The highest BCUT2D eigenvalue weighted by molar-refractivity contribution is 7.15. The molecule has 0 fully saturated rings. The average molecular weight is 344 g/mol. The summed E-state index contributed by atoms with van der Waals surface area (Å²) in [6.07, 6.45) is -4.06. The second kappa shape index (κ2) is 6.17. The molecule has 1 aromatic heterocycles. The number of nitrogens with one attached hydrogen (secondary N) is 1. The molecule has 1 aliphatic heterocycles. The summed E-state index contributed by atoms with van der Waals surface area (Å²) in [5.41, 5.74) is 1.12. The first-order valence-corrected chi connectivity index (χ1v) is 7.46. The number of alkyl halides is 3. The molecule has 23 heavy (non-hydrogen) atoms. The summed E-state index contributed by atoms with van der Waals surface area (Å²) in [4.78, 5) is 17.4. The van der Waals surface area contributed by atoms with Gasteiger partial charge in [0.15, 0.2) is 5.13 Å². The van der Waals surface area contributed by atoms with Crippen LogP contribution in [0.3, 0.4) is 0 Å². The Bertz CT molecular complexity index is 690. The van der Waals surface area contributed by atoms with Crippen molar-refractivity contribution in [3.8, 4) is 5.75 Å². The van der Waals surface area contributed by atoms with Crippen LogP contribution in [0.25, 0.3) is 0 Å². The van der Waals surface area contributed by atoms with Crippen molar-refractivity contribution in [3.63, 3.8) is 0 Å². The van der Waals surface area contributed by atoms with Gasteiger partial charge >= 0.3 is 6.36 Å². The fraction of sp³-hybridized carbons (Fsp3) is 0.286. The zero-order chi connectivity index (χ0) is 16.4. The lowest BCUT2D eigenvalue weighted by Gasteiger charge is -2.09. The van der Waals surface area contributed by atoms with Gasteiger partial charge in [-0.25, -0.2) is 4.98 Å². The summed E-state index contributed by atoms with van der Waals surface area (Å²) in [7, 11) is 0. The monoisotopic (exact) mass is 344 g/mol. The molecule has 1 amide bonds. The van der Waals surface area contributed by atoms with Gasteiger partial charge in [-0.1, -0.05) is 11.3 Å². The van der Waals surface area contributed by atoms with Crippen LogP contribution in [-0.2, 0) is 17.8 Å². The van der Waals surface area contributed by atoms with Crippen LogP contribution in [0.15, 0.2) is 24.3 Å². The molecule has 0 unspecified atom stereocenters. The van der Waals surface area contributed by atoms with E-state index in [9.17, 15) is 18.0 Å². The Hall–Kier alpha value is -2.13. The fourth-order valence-electron chi connectivity index (χ4n) is 2.06. The van der Waals surface area contributed by atoms with Crippen molar-refractivity contribution >= 4 is 22.4 Å². The molecule has 0 atom stereocenters. The van der Waals surface area contributed by atoms with Crippen LogP contribution >= 0.6 is 11.3 Å². The van der Waals surface area contributed by atoms with E-state index < -0.39 is 12.3 Å².